The molecular weight excluding hydrogens is 404 g/mol. The standard InChI is InChI=1S/C22H25BrN2O2/c1-4-22(13-19(26)24-14-15-8-6-5-7-9-15)18-12-16(23)10-11-17(18)21(2,3)25-20(22)27/h5-12H,4,13-14H2,1-3H3,(H,24,26)(H,25,27). The molecule has 0 spiro atoms. The van der Waals surface area contributed by atoms with Gasteiger partial charge in [0.2, 0.25) is 11.8 Å². The normalized spacial score (nSPS) is 20.5. The summed E-state index contributed by atoms with van der Waals surface area (Å²) in [6.07, 6.45) is 0.679. The molecule has 2 amide bonds. The summed E-state index contributed by atoms with van der Waals surface area (Å²) in [5.74, 6) is -0.211. The fourth-order valence-corrected chi connectivity index (χ4v) is 4.20. The number of rotatable bonds is 5. The van der Waals surface area contributed by atoms with Crippen LogP contribution in [-0.2, 0) is 27.1 Å². The Labute approximate surface area is 168 Å². The molecule has 1 atom stereocenters. The predicted molar refractivity (Wildman–Crippen MR) is 110 cm³/mol. The van der Waals surface area contributed by atoms with Gasteiger partial charge in [0.1, 0.15) is 0 Å². The van der Waals surface area contributed by atoms with Crippen molar-refractivity contribution >= 4 is 27.7 Å². The molecule has 4 nitrogen and oxygen atoms in total. The quantitative estimate of drug-likeness (QED) is 0.750. The molecule has 2 aromatic carbocycles. The van der Waals surface area contributed by atoms with Crippen molar-refractivity contribution < 1.29 is 9.59 Å². The number of nitrogens with one attached hydrogen (secondary N) is 2. The van der Waals surface area contributed by atoms with Gasteiger partial charge in [-0.15, -0.1) is 0 Å². The van der Waals surface area contributed by atoms with Gasteiger partial charge >= 0.3 is 0 Å². The van der Waals surface area contributed by atoms with Crippen LogP contribution in [0.25, 0.3) is 0 Å². The summed E-state index contributed by atoms with van der Waals surface area (Å²) >= 11 is 3.52. The molecule has 1 unspecified atom stereocenters. The molecular formula is C22H25BrN2O2. The molecule has 3 rings (SSSR count). The van der Waals surface area contributed by atoms with E-state index >= 15 is 0 Å². The van der Waals surface area contributed by atoms with E-state index in [0.29, 0.717) is 13.0 Å². The molecule has 0 radical (unpaired) electrons. The van der Waals surface area contributed by atoms with Crippen molar-refractivity contribution in [2.45, 2.75) is 51.1 Å². The van der Waals surface area contributed by atoms with E-state index in [1.807, 2.05) is 69.3 Å². The molecule has 1 heterocycles. The minimum absolute atomic E-state index is 0.0875. The van der Waals surface area contributed by atoms with E-state index in [-0.39, 0.29) is 18.2 Å². The van der Waals surface area contributed by atoms with Crippen molar-refractivity contribution in [3.8, 4) is 0 Å². The first-order chi connectivity index (χ1) is 12.8. The van der Waals surface area contributed by atoms with Gasteiger partial charge < -0.3 is 10.6 Å². The fourth-order valence-electron chi connectivity index (χ4n) is 3.84. The third-order valence-electron chi connectivity index (χ3n) is 5.43. The van der Waals surface area contributed by atoms with Crippen molar-refractivity contribution in [1.29, 1.82) is 0 Å². The van der Waals surface area contributed by atoms with Crippen molar-refractivity contribution in [2.75, 3.05) is 0 Å². The minimum atomic E-state index is -0.866. The lowest BCUT2D eigenvalue weighted by Crippen LogP contribution is -2.58. The number of amides is 2. The second-order valence-electron chi connectivity index (χ2n) is 7.64. The molecule has 1 aliphatic rings. The highest BCUT2D eigenvalue weighted by Gasteiger charge is 2.49. The number of benzene rings is 2. The topological polar surface area (TPSA) is 58.2 Å². The molecule has 0 aromatic heterocycles. The number of carbonyl (C=O) groups is 2. The SMILES string of the molecule is CCC1(CC(=O)NCc2ccccc2)C(=O)NC(C)(C)c2ccc(Br)cc21. The number of fused-ring (bicyclic) bond motifs is 1. The summed E-state index contributed by atoms with van der Waals surface area (Å²) in [5, 5.41) is 6.08. The summed E-state index contributed by atoms with van der Waals surface area (Å²) < 4.78 is 0.911. The van der Waals surface area contributed by atoms with Gasteiger partial charge in [-0.3, -0.25) is 9.59 Å². The molecule has 27 heavy (non-hydrogen) atoms. The Kier molecular flexibility index (Phi) is 5.43. The third-order valence-corrected chi connectivity index (χ3v) is 5.92. The van der Waals surface area contributed by atoms with Gasteiger partial charge in [-0.25, -0.2) is 0 Å². The Morgan fingerprint density at radius 2 is 1.81 bits per heavy atom. The number of halogens is 1. The number of hydrogen-bond donors (Lipinski definition) is 2. The van der Waals surface area contributed by atoms with Gasteiger partial charge in [0.25, 0.3) is 0 Å². The second kappa shape index (κ2) is 7.47. The third kappa shape index (κ3) is 3.79. The monoisotopic (exact) mass is 428 g/mol. The molecule has 0 aliphatic carbocycles. The van der Waals surface area contributed by atoms with Crippen LogP contribution in [0.5, 0.6) is 0 Å². The Hall–Kier alpha value is -2.14. The maximum atomic E-state index is 13.1. The van der Waals surface area contributed by atoms with Crippen molar-refractivity contribution in [1.82, 2.24) is 10.6 Å². The zero-order chi connectivity index (χ0) is 19.7. The average molecular weight is 429 g/mol. The lowest BCUT2D eigenvalue weighted by Gasteiger charge is -2.44. The average Bonchev–Trinajstić information content (AvgIpc) is 2.63. The Balaban J connectivity index is 1.90. The largest absolute Gasteiger partial charge is 0.352 e. The van der Waals surface area contributed by atoms with E-state index in [2.05, 4.69) is 26.6 Å². The molecule has 5 heteroatoms. The Morgan fingerprint density at radius 1 is 1.11 bits per heavy atom. The highest BCUT2D eigenvalue weighted by Crippen LogP contribution is 2.43. The first-order valence-electron chi connectivity index (χ1n) is 9.22. The van der Waals surface area contributed by atoms with Crippen LogP contribution < -0.4 is 10.6 Å². The first-order valence-corrected chi connectivity index (χ1v) is 10.0. The van der Waals surface area contributed by atoms with E-state index in [9.17, 15) is 9.59 Å². The van der Waals surface area contributed by atoms with Crippen LogP contribution in [0.15, 0.2) is 53.0 Å². The fraction of sp³-hybridized carbons (Fsp3) is 0.364. The van der Waals surface area contributed by atoms with E-state index in [0.717, 1.165) is 21.2 Å². The van der Waals surface area contributed by atoms with Gasteiger partial charge in [0.15, 0.2) is 0 Å². The molecule has 2 N–H and O–H groups in total. The van der Waals surface area contributed by atoms with Gasteiger partial charge in [0.05, 0.1) is 11.0 Å². The zero-order valence-corrected chi connectivity index (χ0v) is 17.5. The van der Waals surface area contributed by atoms with Crippen LogP contribution in [0.3, 0.4) is 0 Å². The van der Waals surface area contributed by atoms with E-state index in [4.69, 9.17) is 0 Å². The maximum absolute atomic E-state index is 13.1. The molecule has 0 bridgehead atoms. The summed E-state index contributed by atoms with van der Waals surface area (Å²) in [7, 11) is 0. The summed E-state index contributed by atoms with van der Waals surface area (Å²) in [4.78, 5) is 25.9. The summed E-state index contributed by atoms with van der Waals surface area (Å²) in [6.45, 7) is 6.41. The van der Waals surface area contributed by atoms with Crippen molar-refractivity contribution in [3.63, 3.8) is 0 Å². The molecule has 0 fully saturated rings. The van der Waals surface area contributed by atoms with Crippen molar-refractivity contribution in [3.05, 3.63) is 69.7 Å². The minimum Gasteiger partial charge on any atom is -0.352 e. The molecule has 0 saturated carbocycles. The Bertz CT molecular complexity index is 864. The number of carbonyl (C=O) groups excluding carboxylic acids is 2. The highest BCUT2D eigenvalue weighted by atomic mass is 79.9. The highest BCUT2D eigenvalue weighted by molar-refractivity contribution is 9.10. The molecule has 142 valence electrons. The van der Waals surface area contributed by atoms with Crippen LogP contribution in [0.4, 0.5) is 0 Å². The van der Waals surface area contributed by atoms with Crippen LogP contribution in [-0.4, -0.2) is 11.8 Å². The summed E-state index contributed by atoms with van der Waals surface area (Å²) in [5.41, 5.74) is 1.70. The van der Waals surface area contributed by atoms with Crippen LogP contribution in [0, 0.1) is 0 Å². The Morgan fingerprint density at radius 3 is 2.48 bits per heavy atom. The summed E-state index contributed by atoms with van der Waals surface area (Å²) in [6, 6.07) is 15.8. The van der Waals surface area contributed by atoms with Crippen molar-refractivity contribution in [2.24, 2.45) is 0 Å². The van der Waals surface area contributed by atoms with E-state index in [1.54, 1.807) is 0 Å². The van der Waals surface area contributed by atoms with Crippen LogP contribution in [0.1, 0.15) is 50.3 Å². The first kappa shape index (κ1) is 19.6. The lowest BCUT2D eigenvalue weighted by molar-refractivity contribution is -0.134. The van der Waals surface area contributed by atoms with E-state index in [1.165, 1.54) is 0 Å². The van der Waals surface area contributed by atoms with Gasteiger partial charge in [0, 0.05) is 17.4 Å². The zero-order valence-electron chi connectivity index (χ0n) is 15.9. The number of hydrogen-bond acceptors (Lipinski definition) is 2. The van der Waals surface area contributed by atoms with Crippen LogP contribution in [0.2, 0.25) is 0 Å². The molecule has 0 saturated heterocycles. The van der Waals surface area contributed by atoms with Gasteiger partial charge in [-0.2, -0.15) is 0 Å². The molecule has 1 aliphatic heterocycles. The van der Waals surface area contributed by atoms with E-state index < -0.39 is 11.0 Å². The maximum Gasteiger partial charge on any atom is 0.231 e. The second-order valence-corrected chi connectivity index (χ2v) is 8.56. The van der Waals surface area contributed by atoms with Gasteiger partial charge in [-0.1, -0.05) is 59.3 Å². The van der Waals surface area contributed by atoms with Crippen LogP contribution >= 0.6 is 15.9 Å². The predicted octanol–water partition coefficient (Wildman–Crippen LogP) is 4.17. The van der Waals surface area contributed by atoms with Gasteiger partial charge in [-0.05, 0) is 49.1 Å². The lowest BCUT2D eigenvalue weighted by atomic mass is 9.66. The molecule has 2 aromatic rings. The smallest absolute Gasteiger partial charge is 0.231 e.